The number of rotatable bonds is 5. The summed E-state index contributed by atoms with van der Waals surface area (Å²) >= 11 is 6.00. The third kappa shape index (κ3) is 4.19. The van der Waals surface area contributed by atoms with Crippen molar-refractivity contribution in [2.24, 2.45) is 5.73 Å². The smallest absolute Gasteiger partial charge is 0.291 e. The number of furan rings is 1. The molecule has 1 aromatic heterocycles. The minimum absolute atomic E-state index is 0.0981. The van der Waals surface area contributed by atoms with Gasteiger partial charge in [0.1, 0.15) is 6.10 Å². The number of carbonyl (C=O) groups is 2. The van der Waals surface area contributed by atoms with Gasteiger partial charge in [0.05, 0.1) is 23.7 Å². The Kier molecular flexibility index (Phi) is 5.37. The van der Waals surface area contributed by atoms with Crippen LogP contribution in [0.4, 0.5) is 11.4 Å². The second-order valence-corrected chi connectivity index (χ2v) is 6.11. The molecule has 0 radical (unpaired) electrons. The molecule has 0 bridgehead atoms. The number of anilines is 2. The highest BCUT2D eigenvalue weighted by molar-refractivity contribution is 6.31. The Balaban J connectivity index is 1.73. The summed E-state index contributed by atoms with van der Waals surface area (Å²) in [5, 5.41) is 5.87. The molecule has 2 aromatic rings. The van der Waals surface area contributed by atoms with E-state index < -0.39 is 12.0 Å². The Morgan fingerprint density at radius 3 is 2.72 bits per heavy atom. The molecule has 1 saturated heterocycles. The largest absolute Gasteiger partial charge is 0.459 e. The fourth-order valence-corrected chi connectivity index (χ4v) is 2.78. The topological polar surface area (TPSA) is 107 Å². The van der Waals surface area contributed by atoms with Gasteiger partial charge in [0, 0.05) is 11.6 Å². The van der Waals surface area contributed by atoms with E-state index in [-0.39, 0.29) is 17.8 Å². The second-order valence-electron chi connectivity index (χ2n) is 5.67. The summed E-state index contributed by atoms with van der Waals surface area (Å²) in [4.78, 5) is 24.6. The lowest BCUT2D eigenvalue weighted by atomic mass is 10.2. The van der Waals surface area contributed by atoms with Crippen LogP contribution in [-0.4, -0.2) is 30.6 Å². The average molecular weight is 364 g/mol. The molecule has 132 valence electrons. The Hall–Kier alpha value is -2.35. The summed E-state index contributed by atoms with van der Waals surface area (Å²) in [7, 11) is 0. The van der Waals surface area contributed by atoms with Crippen LogP contribution >= 0.6 is 11.6 Å². The Bertz CT molecular complexity index is 763. The van der Waals surface area contributed by atoms with Gasteiger partial charge in [-0.25, -0.2) is 0 Å². The van der Waals surface area contributed by atoms with Gasteiger partial charge in [-0.15, -0.1) is 0 Å². The molecule has 1 aliphatic rings. The molecule has 4 N–H and O–H groups in total. The number of hydrogen-bond acceptors (Lipinski definition) is 5. The van der Waals surface area contributed by atoms with E-state index >= 15 is 0 Å². The van der Waals surface area contributed by atoms with Gasteiger partial charge >= 0.3 is 0 Å². The van der Waals surface area contributed by atoms with Crippen LogP contribution in [0.3, 0.4) is 0 Å². The first-order valence-electron chi connectivity index (χ1n) is 7.87. The predicted molar refractivity (Wildman–Crippen MR) is 93.7 cm³/mol. The lowest BCUT2D eigenvalue weighted by molar-refractivity contribution is -0.126. The average Bonchev–Trinajstić information content (AvgIpc) is 3.28. The van der Waals surface area contributed by atoms with E-state index in [4.69, 9.17) is 26.5 Å². The fourth-order valence-electron chi connectivity index (χ4n) is 2.61. The molecule has 0 saturated carbocycles. The van der Waals surface area contributed by atoms with Gasteiger partial charge in [0.2, 0.25) is 0 Å². The van der Waals surface area contributed by atoms with Crippen molar-refractivity contribution >= 4 is 34.8 Å². The maximum atomic E-state index is 12.4. The Morgan fingerprint density at radius 2 is 2.04 bits per heavy atom. The van der Waals surface area contributed by atoms with Gasteiger partial charge in [-0.1, -0.05) is 11.6 Å². The SMILES string of the molecule is NC[C@H]1CC[C@@H](C(=O)Nc2ccc(Cl)cc2NC(=O)c2ccco2)O1. The van der Waals surface area contributed by atoms with Crippen molar-refractivity contribution in [2.75, 3.05) is 17.2 Å². The third-order valence-electron chi connectivity index (χ3n) is 3.90. The zero-order chi connectivity index (χ0) is 17.8. The fraction of sp³-hybridized carbons (Fsp3) is 0.294. The van der Waals surface area contributed by atoms with Gasteiger partial charge in [0.15, 0.2) is 5.76 Å². The van der Waals surface area contributed by atoms with E-state index in [1.54, 1.807) is 24.3 Å². The van der Waals surface area contributed by atoms with E-state index in [0.717, 1.165) is 6.42 Å². The predicted octanol–water partition coefficient (Wildman–Crippen LogP) is 2.63. The van der Waals surface area contributed by atoms with Crippen LogP contribution in [0, 0.1) is 0 Å². The molecule has 2 amide bonds. The highest BCUT2D eigenvalue weighted by atomic mass is 35.5. The minimum atomic E-state index is -0.558. The quantitative estimate of drug-likeness (QED) is 0.757. The Labute approximate surface area is 149 Å². The van der Waals surface area contributed by atoms with Crippen molar-refractivity contribution in [1.82, 2.24) is 0 Å². The van der Waals surface area contributed by atoms with Gasteiger partial charge in [-0.3, -0.25) is 9.59 Å². The van der Waals surface area contributed by atoms with Gasteiger partial charge in [-0.05, 0) is 43.2 Å². The van der Waals surface area contributed by atoms with Gasteiger partial charge < -0.3 is 25.5 Å². The summed E-state index contributed by atoms with van der Waals surface area (Å²) in [5.74, 6) is -0.572. The molecule has 2 heterocycles. The molecular weight excluding hydrogens is 346 g/mol. The van der Waals surface area contributed by atoms with Crippen LogP contribution in [0.5, 0.6) is 0 Å². The zero-order valence-corrected chi connectivity index (χ0v) is 14.1. The summed E-state index contributed by atoms with van der Waals surface area (Å²) in [6, 6.07) is 7.94. The molecule has 2 atom stereocenters. The monoisotopic (exact) mass is 363 g/mol. The number of ether oxygens (including phenoxy) is 1. The molecule has 1 aromatic carbocycles. The van der Waals surface area contributed by atoms with Crippen LogP contribution in [-0.2, 0) is 9.53 Å². The summed E-state index contributed by atoms with van der Waals surface area (Å²) < 4.78 is 10.6. The third-order valence-corrected chi connectivity index (χ3v) is 4.13. The molecule has 1 fully saturated rings. The molecule has 1 aliphatic heterocycles. The van der Waals surface area contributed by atoms with Crippen molar-refractivity contribution in [3.8, 4) is 0 Å². The van der Waals surface area contributed by atoms with Gasteiger partial charge in [-0.2, -0.15) is 0 Å². The maximum absolute atomic E-state index is 12.4. The van der Waals surface area contributed by atoms with E-state index in [1.807, 2.05) is 0 Å². The first-order valence-corrected chi connectivity index (χ1v) is 8.25. The number of benzene rings is 1. The number of amides is 2. The molecule has 25 heavy (non-hydrogen) atoms. The van der Waals surface area contributed by atoms with E-state index in [2.05, 4.69) is 10.6 Å². The van der Waals surface area contributed by atoms with Gasteiger partial charge in [0.25, 0.3) is 11.8 Å². The number of nitrogens with two attached hydrogens (primary N) is 1. The number of hydrogen-bond donors (Lipinski definition) is 3. The number of carbonyl (C=O) groups excluding carboxylic acids is 2. The van der Waals surface area contributed by atoms with Crippen molar-refractivity contribution in [3.05, 3.63) is 47.4 Å². The van der Waals surface area contributed by atoms with Crippen LogP contribution in [0.1, 0.15) is 23.4 Å². The molecule has 0 unspecified atom stereocenters. The number of nitrogens with one attached hydrogen (secondary N) is 2. The molecule has 7 nitrogen and oxygen atoms in total. The molecule has 0 aliphatic carbocycles. The first-order chi connectivity index (χ1) is 12.1. The van der Waals surface area contributed by atoms with E-state index in [9.17, 15) is 9.59 Å². The summed E-state index contributed by atoms with van der Waals surface area (Å²) in [5.41, 5.74) is 6.36. The standard InChI is InChI=1S/C17H18ClN3O4/c18-10-3-5-12(20-17(23)15-6-4-11(9-19)25-15)13(8-10)21-16(22)14-2-1-7-24-14/h1-3,5,7-8,11,15H,4,6,9,19H2,(H,20,23)(H,21,22)/t11-,15+/m1/s1. The normalized spacial score (nSPS) is 19.6. The first kappa shape index (κ1) is 17.5. The molecular formula is C17H18ClN3O4. The van der Waals surface area contributed by atoms with Crippen molar-refractivity contribution < 1.29 is 18.7 Å². The maximum Gasteiger partial charge on any atom is 0.291 e. The van der Waals surface area contributed by atoms with E-state index in [0.29, 0.717) is 29.4 Å². The van der Waals surface area contributed by atoms with Crippen LogP contribution in [0.25, 0.3) is 0 Å². The van der Waals surface area contributed by atoms with E-state index in [1.165, 1.54) is 12.3 Å². The highest BCUT2D eigenvalue weighted by Crippen LogP contribution is 2.28. The highest BCUT2D eigenvalue weighted by Gasteiger charge is 2.30. The Morgan fingerprint density at radius 1 is 1.20 bits per heavy atom. The van der Waals surface area contributed by atoms with Crippen molar-refractivity contribution in [2.45, 2.75) is 25.0 Å². The molecule has 0 spiro atoms. The van der Waals surface area contributed by atoms with Crippen LogP contribution < -0.4 is 16.4 Å². The lowest BCUT2D eigenvalue weighted by Crippen LogP contribution is -2.30. The van der Waals surface area contributed by atoms with Crippen molar-refractivity contribution in [1.29, 1.82) is 0 Å². The van der Waals surface area contributed by atoms with Crippen LogP contribution in [0.2, 0.25) is 5.02 Å². The molecule has 8 heteroatoms. The number of halogens is 1. The minimum Gasteiger partial charge on any atom is -0.459 e. The lowest BCUT2D eigenvalue weighted by Gasteiger charge is -2.15. The summed E-state index contributed by atoms with van der Waals surface area (Å²) in [6.45, 7) is 0.384. The molecule has 3 rings (SSSR count). The zero-order valence-electron chi connectivity index (χ0n) is 13.3. The van der Waals surface area contributed by atoms with Crippen LogP contribution in [0.15, 0.2) is 41.0 Å². The second kappa shape index (κ2) is 7.69. The van der Waals surface area contributed by atoms with Crippen molar-refractivity contribution in [3.63, 3.8) is 0 Å². The summed E-state index contributed by atoms with van der Waals surface area (Å²) in [6.07, 6.45) is 2.10.